The summed E-state index contributed by atoms with van der Waals surface area (Å²) in [5.41, 5.74) is 0. The molecular weight excluding hydrogens is 550 g/mol. The number of aliphatic hydroxyl groups is 5. The van der Waals surface area contributed by atoms with Crippen LogP contribution in [0.2, 0.25) is 0 Å². The summed E-state index contributed by atoms with van der Waals surface area (Å²) in [5, 5.41) is 53.6. The van der Waals surface area contributed by atoms with E-state index in [1.807, 2.05) is 6.08 Å². The number of allylic oxidation sites excluding steroid dienone is 3. The molecule has 1 aliphatic rings. The maximum absolute atomic E-state index is 12.7. The van der Waals surface area contributed by atoms with E-state index in [0.717, 1.165) is 38.5 Å². The van der Waals surface area contributed by atoms with Crippen LogP contribution in [-0.4, -0.2) is 87.5 Å². The summed E-state index contributed by atoms with van der Waals surface area (Å²) in [5.74, 6) is -0.194. The van der Waals surface area contributed by atoms with Crippen molar-refractivity contribution in [3.63, 3.8) is 0 Å². The van der Waals surface area contributed by atoms with E-state index in [1.54, 1.807) is 6.08 Å². The van der Waals surface area contributed by atoms with Crippen molar-refractivity contribution in [1.29, 1.82) is 0 Å². The second-order valence-electron chi connectivity index (χ2n) is 12.0. The summed E-state index contributed by atoms with van der Waals surface area (Å²) >= 11 is 0. The van der Waals surface area contributed by atoms with Gasteiger partial charge in [-0.25, -0.2) is 0 Å². The number of nitrogens with one attached hydrogen (secondary N) is 1. The monoisotopic (exact) mass is 613 g/mol. The number of aliphatic hydroxyl groups excluding tert-OH is 5. The summed E-state index contributed by atoms with van der Waals surface area (Å²) in [7, 11) is 0. The van der Waals surface area contributed by atoms with Crippen molar-refractivity contribution in [2.24, 2.45) is 0 Å². The molecule has 1 aliphatic heterocycles. The van der Waals surface area contributed by atoms with E-state index in [1.165, 1.54) is 70.6 Å². The third kappa shape index (κ3) is 18.3. The topological polar surface area (TPSA) is 149 Å². The Morgan fingerprint density at radius 2 is 1.33 bits per heavy atom. The number of hydrogen-bond acceptors (Lipinski definition) is 8. The van der Waals surface area contributed by atoms with E-state index in [4.69, 9.17) is 9.47 Å². The molecule has 43 heavy (non-hydrogen) atoms. The number of unbranched alkanes of at least 4 members (excludes halogenated alkanes) is 14. The van der Waals surface area contributed by atoms with E-state index in [0.29, 0.717) is 6.42 Å². The van der Waals surface area contributed by atoms with Crippen molar-refractivity contribution in [3.8, 4) is 0 Å². The Balaban J connectivity index is 2.56. The number of hydrogen-bond donors (Lipinski definition) is 6. The number of carbonyl (C=O) groups is 1. The number of carbonyl (C=O) groups excluding carboxylic acids is 1. The van der Waals surface area contributed by atoms with Gasteiger partial charge in [0.15, 0.2) is 6.29 Å². The molecule has 1 rings (SSSR count). The Labute approximate surface area is 260 Å². The lowest BCUT2D eigenvalue weighted by atomic mass is 9.99. The average molecular weight is 614 g/mol. The fourth-order valence-corrected chi connectivity index (χ4v) is 5.17. The van der Waals surface area contributed by atoms with Crippen LogP contribution >= 0.6 is 0 Å². The minimum absolute atomic E-state index is 0.194. The van der Waals surface area contributed by atoms with E-state index in [2.05, 4.69) is 31.3 Å². The van der Waals surface area contributed by atoms with Crippen molar-refractivity contribution in [3.05, 3.63) is 24.3 Å². The number of rotatable bonds is 26. The predicted molar refractivity (Wildman–Crippen MR) is 170 cm³/mol. The summed E-state index contributed by atoms with van der Waals surface area (Å²) in [4.78, 5) is 12.7. The summed E-state index contributed by atoms with van der Waals surface area (Å²) in [6, 6.07) is -0.812. The second kappa shape index (κ2) is 25.9. The molecule has 0 radical (unpaired) electrons. The smallest absolute Gasteiger partial charge is 0.220 e. The molecule has 6 N–H and O–H groups in total. The van der Waals surface area contributed by atoms with E-state index >= 15 is 0 Å². The Kier molecular flexibility index (Phi) is 23.9. The Morgan fingerprint density at radius 1 is 0.767 bits per heavy atom. The van der Waals surface area contributed by atoms with Crippen molar-refractivity contribution < 1.29 is 39.8 Å². The highest BCUT2D eigenvalue weighted by Crippen LogP contribution is 2.22. The lowest BCUT2D eigenvalue weighted by Crippen LogP contribution is -2.60. The van der Waals surface area contributed by atoms with E-state index < -0.39 is 49.5 Å². The minimum Gasteiger partial charge on any atom is -0.394 e. The Morgan fingerprint density at radius 3 is 1.95 bits per heavy atom. The first-order chi connectivity index (χ1) is 20.8. The van der Waals surface area contributed by atoms with Gasteiger partial charge >= 0.3 is 0 Å². The van der Waals surface area contributed by atoms with Crippen LogP contribution in [0, 0.1) is 0 Å². The van der Waals surface area contributed by atoms with E-state index in [-0.39, 0.29) is 12.5 Å². The molecule has 0 saturated carbocycles. The largest absolute Gasteiger partial charge is 0.394 e. The average Bonchev–Trinajstić information content (AvgIpc) is 3.00. The summed E-state index contributed by atoms with van der Waals surface area (Å²) in [6.45, 7) is 3.66. The van der Waals surface area contributed by atoms with Crippen LogP contribution in [0.1, 0.15) is 129 Å². The molecule has 0 aromatic heterocycles. The molecule has 252 valence electrons. The fourth-order valence-electron chi connectivity index (χ4n) is 5.17. The highest BCUT2D eigenvalue weighted by atomic mass is 16.7. The van der Waals surface area contributed by atoms with E-state index in [9.17, 15) is 30.3 Å². The van der Waals surface area contributed by atoms with Crippen molar-refractivity contribution >= 4 is 5.91 Å². The third-order valence-electron chi connectivity index (χ3n) is 8.03. The highest BCUT2D eigenvalue weighted by molar-refractivity contribution is 5.76. The lowest BCUT2D eigenvalue weighted by molar-refractivity contribution is -0.302. The maximum Gasteiger partial charge on any atom is 0.220 e. The molecule has 0 aromatic carbocycles. The molecule has 9 nitrogen and oxygen atoms in total. The summed E-state index contributed by atoms with van der Waals surface area (Å²) < 4.78 is 11.1. The van der Waals surface area contributed by atoms with Gasteiger partial charge in [0.25, 0.3) is 0 Å². The first-order valence-electron chi connectivity index (χ1n) is 17.1. The van der Waals surface area contributed by atoms with Gasteiger partial charge in [0, 0.05) is 6.42 Å². The Hall–Kier alpha value is -1.33. The molecule has 0 spiro atoms. The van der Waals surface area contributed by atoms with Crippen LogP contribution in [0.3, 0.4) is 0 Å². The molecular formula is C34H63NO8. The number of amides is 1. The van der Waals surface area contributed by atoms with Gasteiger partial charge in [-0.05, 0) is 32.1 Å². The molecule has 1 amide bonds. The lowest BCUT2D eigenvalue weighted by Gasteiger charge is -2.40. The van der Waals surface area contributed by atoms with Gasteiger partial charge < -0.3 is 40.3 Å². The summed E-state index contributed by atoms with van der Waals surface area (Å²) in [6.07, 6.45) is 19.5. The quantitative estimate of drug-likeness (QED) is 0.0601. The normalized spacial score (nSPS) is 24.1. The molecule has 1 saturated heterocycles. The van der Waals surface area contributed by atoms with Crippen LogP contribution in [-0.2, 0) is 14.3 Å². The zero-order valence-corrected chi connectivity index (χ0v) is 27.0. The van der Waals surface area contributed by atoms with Gasteiger partial charge in [0.2, 0.25) is 5.91 Å². The van der Waals surface area contributed by atoms with Gasteiger partial charge in [-0.3, -0.25) is 4.79 Å². The molecule has 9 heteroatoms. The first kappa shape index (κ1) is 39.7. The van der Waals surface area contributed by atoms with Crippen LogP contribution < -0.4 is 5.32 Å². The standard InChI is InChI=1S/C34H63NO8/c1-3-5-7-9-11-13-15-17-19-21-23-28(37)27(26-42-34-33(41)32(40)31(39)29(25-36)43-34)35-30(38)24-22-20-18-16-14-12-10-8-6-4-2/h13,15,21,23,27-29,31-34,36-37,39-41H,3-12,14,16-20,22,24-26H2,1-2H3,(H,35,38)/b15-13+,23-21+/t27-,28+,29+,31+,32?,33?,34+/m0/s1. The van der Waals surface area contributed by atoms with Crippen LogP contribution in [0.15, 0.2) is 24.3 Å². The number of ether oxygens (including phenoxy) is 2. The third-order valence-corrected chi connectivity index (χ3v) is 8.03. The SMILES string of the molecule is CCCCCC/C=C/CC/C=C/[C@@H](O)[C@H](CO[C@@H]1O[C@H](CO)[C@@H](O)C(O)C1O)NC(=O)CCCCCCCCCCCC. The first-order valence-corrected chi connectivity index (χ1v) is 17.1. The molecule has 1 heterocycles. The molecule has 0 aromatic rings. The highest BCUT2D eigenvalue weighted by Gasteiger charge is 2.44. The van der Waals surface area contributed by atoms with Gasteiger partial charge in [0.1, 0.15) is 24.4 Å². The maximum atomic E-state index is 12.7. The zero-order chi connectivity index (χ0) is 31.7. The fraction of sp³-hybridized carbons (Fsp3) is 0.853. The molecule has 2 unspecified atom stereocenters. The molecule has 1 fully saturated rings. The van der Waals surface area contributed by atoms with Crippen molar-refractivity contribution in [1.82, 2.24) is 5.32 Å². The molecule has 0 bridgehead atoms. The van der Waals surface area contributed by atoms with Gasteiger partial charge in [0.05, 0.1) is 25.4 Å². The Bertz CT molecular complexity index is 731. The second-order valence-corrected chi connectivity index (χ2v) is 12.0. The molecule has 0 aliphatic carbocycles. The van der Waals surface area contributed by atoms with Crippen LogP contribution in [0.4, 0.5) is 0 Å². The van der Waals surface area contributed by atoms with Crippen molar-refractivity contribution in [2.75, 3.05) is 13.2 Å². The van der Waals surface area contributed by atoms with Crippen LogP contribution in [0.25, 0.3) is 0 Å². The van der Waals surface area contributed by atoms with Crippen LogP contribution in [0.5, 0.6) is 0 Å². The minimum atomic E-state index is -1.56. The van der Waals surface area contributed by atoms with Gasteiger partial charge in [-0.15, -0.1) is 0 Å². The van der Waals surface area contributed by atoms with Crippen molar-refractivity contribution in [2.45, 2.75) is 172 Å². The zero-order valence-electron chi connectivity index (χ0n) is 27.0. The van der Waals surface area contributed by atoms with Gasteiger partial charge in [-0.2, -0.15) is 0 Å². The van der Waals surface area contributed by atoms with Gasteiger partial charge in [-0.1, -0.05) is 115 Å². The predicted octanol–water partition coefficient (Wildman–Crippen LogP) is 4.82. The molecule has 7 atom stereocenters.